The molecule has 0 fully saturated rings. The summed E-state index contributed by atoms with van der Waals surface area (Å²) in [4.78, 5) is 4.36. The van der Waals surface area contributed by atoms with Crippen molar-refractivity contribution in [2.75, 3.05) is 6.54 Å². The zero-order chi connectivity index (χ0) is 14.4. The molecule has 4 nitrogen and oxygen atoms in total. The van der Waals surface area contributed by atoms with Crippen LogP contribution in [0, 0.1) is 6.92 Å². The van der Waals surface area contributed by atoms with E-state index in [4.69, 9.17) is 4.74 Å². The highest BCUT2D eigenvalue weighted by atomic mass is 16.5. The molecule has 0 aliphatic rings. The molecular weight excluding hydrogens is 252 g/mol. The van der Waals surface area contributed by atoms with Crippen LogP contribution in [0.25, 0.3) is 0 Å². The first kappa shape index (κ1) is 14.5. The molecule has 0 aliphatic heterocycles. The van der Waals surface area contributed by atoms with Crippen LogP contribution in [0.3, 0.4) is 0 Å². The number of benzene rings is 1. The lowest BCUT2D eigenvalue weighted by Gasteiger charge is -2.11. The van der Waals surface area contributed by atoms with Crippen molar-refractivity contribution in [2.45, 2.75) is 27.0 Å². The molecule has 106 valence electrons. The summed E-state index contributed by atoms with van der Waals surface area (Å²) in [6.07, 6.45) is 1.81. The molecule has 0 saturated carbocycles. The summed E-state index contributed by atoms with van der Waals surface area (Å²) in [7, 11) is 0. The summed E-state index contributed by atoms with van der Waals surface area (Å²) in [6, 6.07) is 9.48. The quantitative estimate of drug-likeness (QED) is 0.849. The number of aromatic nitrogens is 1. The van der Waals surface area contributed by atoms with Gasteiger partial charge in [-0.25, -0.2) is 4.98 Å². The highest BCUT2D eigenvalue weighted by Crippen LogP contribution is 2.26. The molecule has 2 aromatic rings. The Bertz CT molecular complexity index is 570. The number of rotatable bonds is 6. The van der Waals surface area contributed by atoms with Crippen LogP contribution in [-0.4, -0.2) is 16.6 Å². The normalized spacial score (nSPS) is 10.6. The van der Waals surface area contributed by atoms with Gasteiger partial charge in [0.05, 0.1) is 6.61 Å². The van der Waals surface area contributed by atoms with E-state index in [9.17, 15) is 5.11 Å². The van der Waals surface area contributed by atoms with Crippen LogP contribution >= 0.6 is 0 Å². The maximum absolute atomic E-state index is 9.30. The molecule has 0 radical (unpaired) electrons. The number of ether oxygens (including phenoxy) is 1. The molecule has 0 amide bonds. The molecule has 0 saturated heterocycles. The predicted molar refractivity (Wildman–Crippen MR) is 78.8 cm³/mol. The van der Waals surface area contributed by atoms with Crippen LogP contribution < -0.4 is 10.1 Å². The monoisotopic (exact) mass is 272 g/mol. The average Bonchev–Trinajstić information content (AvgIpc) is 2.48. The molecule has 0 atom stereocenters. The van der Waals surface area contributed by atoms with Crippen LogP contribution in [0.2, 0.25) is 0 Å². The van der Waals surface area contributed by atoms with Gasteiger partial charge in [0.2, 0.25) is 5.88 Å². The van der Waals surface area contributed by atoms with E-state index in [1.807, 2.05) is 37.4 Å². The topological polar surface area (TPSA) is 54.4 Å². The Balaban J connectivity index is 2.17. The molecule has 1 aromatic heterocycles. The zero-order valence-corrected chi connectivity index (χ0v) is 11.9. The number of hydrogen-bond donors (Lipinski definition) is 2. The van der Waals surface area contributed by atoms with Crippen molar-refractivity contribution >= 4 is 0 Å². The highest BCUT2D eigenvalue weighted by Gasteiger charge is 2.07. The number of aryl methyl sites for hydroxylation is 1. The van der Waals surface area contributed by atoms with Crippen LogP contribution in [0.1, 0.15) is 23.6 Å². The van der Waals surface area contributed by atoms with E-state index >= 15 is 0 Å². The second kappa shape index (κ2) is 7.03. The third-order valence-corrected chi connectivity index (χ3v) is 3.02. The number of pyridine rings is 1. The number of nitrogens with zero attached hydrogens (tertiary/aromatic N) is 1. The fourth-order valence-corrected chi connectivity index (χ4v) is 1.93. The minimum Gasteiger partial charge on any atom is -0.438 e. The van der Waals surface area contributed by atoms with E-state index in [0.717, 1.165) is 29.8 Å². The Labute approximate surface area is 119 Å². The molecule has 1 heterocycles. The van der Waals surface area contributed by atoms with Crippen molar-refractivity contribution in [1.82, 2.24) is 10.3 Å². The molecule has 1 aromatic carbocycles. The molecule has 0 unspecified atom stereocenters. The standard InChI is InChI=1S/C16H20N2O2/c1-3-17-9-13-8-12(2)16(18-10-13)20-15-7-5-4-6-14(15)11-19/h4-8,10,17,19H,3,9,11H2,1-2H3. The minimum atomic E-state index is -0.0479. The van der Waals surface area contributed by atoms with Gasteiger partial charge >= 0.3 is 0 Å². The number of aliphatic hydroxyl groups excluding tert-OH is 1. The fourth-order valence-electron chi connectivity index (χ4n) is 1.93. The Morgan fingerprint density at radius 2 is 2.10 bits per heavy atom. The van der Waals surface area contributed by atoms with Gasteiger partial charge in [-0.3, -0.25) is 0 Å². The summed E-state index contributed by atoms with van der Waals surface area (Å²) in [5.41, 5.74) is 2.87. The Morgan fingerprint density at radius 3 is 2.80 bits per heavy atom. The first-order chi connectivity index (χ1) is 9.74. The summed E-state index contributed by atoms with van der Waals surface area (Å²) in [5, 5.41) is 12.6. The Hall–Kier alpha value is -1.91. The van der Waals surface area contributed by atoms with Gasteiger partial charge in [-0.15, -0.1) is 0 Å². The van der Waals surface area contributed by atoms with Gasteiger partial charge in [0.25, 0.3) is 0 Å². The summed E-state index contributed by atoms with van der Waals surface area (Å²) < 4.78 is 5.80. The van der Waals surface area contributed by atoms with Crippen molar-refractivity contribution in [3.8, 4) is 11.6 Å². The molecular formula is C16H20N2O2. The van der Waals surface area contributed by atoms with E-state index < -0.39 is 0 Å². The van der Waals surface area contributed by atoms with Gasteiger partial charge in [-0.1, -0.05) is 25.1 Å². The number of para-hydroxylation sites is 1. The van der Waals surface area contributed by atoms with Gasteiger partial charge < -0.3 is 15.2 Å². The van der Waals surface area contributed by atoms with Crippen LogP contribution in [0.15, 0.2) is 36.5 Å². The minimum absolute atomic E-state index is 0.0479. The fraction of sp³-hybridized carbons (Fsp3) is 0.312. The van der Waals surface area contributed by atoms with Gasteiger partial charge in [-0.05, 0) is 31.2 Å². The predicted octanol–water partition coefficient (Wildman–Crippen LogP) is 2.78. The van der Waals surface area contributed by atoms with Gasteiger partial charge in [-0.2, -0.15) is 0 Å². The Morgan fingerprint density at radius 1 is 1.30 bits per heavy atom. The van der Waals surface area contributed by atoms with Crippen LogP contribution in [-0.2, 0) is 13.2 Å². The Kier molecular flexibility index (Phi) is 5.09. The first-order valence-electron chi connectivity index (χ1n) is 6.77. The van der Waals surface area contributed by atoms with Crippen molar-refractivity contribution in [3.05, 3.63) is 53.2 Å². The first-order valence-corrected chi connectivity index (χ1v) is 6.77. The smallest absolute Gasteiger partial charge is 0.222 e. The molecule has 4 heteroatoms. The number of nitrogens with one attached hydrogen (secondary N) is 1. The SMILES string of the molecule is CCNCc1cnc(Oc2ccccc2CO)c(C)c1. The van der Waals surface area contributed by atoms with Gasteiger partial charge in [0.15, 0.2) is 0 Å². The van der Waals surface area contributed by atoms with E-state index in [1.165, 1.54) is 0 Å². The molecule has 2 rings (SSSR count). The van der Waals surface area contributed by atoms with Crippen molar-refractivity contribution < 1.29 is 9.84 Å². The maximum atomic E-state index is 9.30. The van der Waals surface area contributed by atoms with Crippen molar-refractivity contribution in [2.24, 2.45) is 0 Å². The van der Waals surface area contributed by atoms with Crippen molar-refractivity contribution in [3.63, 3.8) is 0 Å². The van der Waals surface area contributed by atoms with Crippen LogP contribution in [0.5, 0.6) is 11.6 Å². The molecule has 0 spiro atoms. The summed E-state index contributed by atoms with van der Waals surface area (Å²) >= 11 is 0. The lowest BCUT2D eigenvalue weighted by Crippen LogP contribution is -2.12. The molecule has 0 aliphatic carbocycles. The third-order valence-electron chi connectivity index (χ3n) is 3.02. The van der Waals surface area contributed by atoms with E-state index in [-0.39, 0.29) is 6.61 Å². The summed E-state index contributed by atoms with van der Waals surface area (Å²) in [5.74, 6) is 1.22. The van der Waals surface area contributed by atoms with Gasteiger partial charge in [0, 0.05) is 23.9 Å². The van der Waals surface area contributed by atoms with E-state index in [1.54, 1.807) is 0 Å². The zero-order valence-electron chi connectivity index (χ0n) is 11.9. The molecule has 0 bridgehead atoms. The van der Waals surface area contributed by atoms with E-state index in [0.29, 0.717) is 11.6 Å². The third kappa shape index (κ3) is 3.56. The average molecular weight is 272 g/mol. The molecule has 2 N–H and O–H groups in total. The van der Waals surface area contributed by atoms with E-state index in [2.05, 4.69) is 23.3 Å². The highest BCUT2D eigenvalue weighted by molar-refractivity contribution is 5.38. The van der Waals surface area contributed by atoms with Crippen LogP contribution in [0.4, 0.5) is 0 Å². The largest absolute Gasteiger partial charge is 0.438 e. The van der Waals surface area contributed by atoms with Crippen molar-refractivity contribution in [1.29, 1.82) is 0 Å². The second-order valence-corrected chi connectivity index (χ2v) is 4.61. The summed E-state index contributed by atoms with van der Waals surface area (Å²) in [6.45, 7) is 5.73. The second-order valence-electron chi connectivity index (χ2n) is 4.61. The number of aliphatic hydroxyl groups is 1. The van der Waals surface area contributed by atoms with Gasteiger partial charge in [0.1, 0.15) is 5.75 Å². The maximum Gasteiger partial charge on any atom is 0.222 e. The molecule has 20 heavy (non-hydrogen) atoms. The lowest BCUT2D eigenvalue weighted by molar-refractivity contribution is 0.276. The lowest BCUT2D eigenvalue weighted by atomic mass is 10.2. The number of hydrogen-bond acceptors (Lipinski definition) is 4.